The summed E-state index contributed by atoms with van der Waals surface area (Å²) in [7, 11) is 0. The zero-order valence-corrected chi connectivity index (χ0v) is 10.0. The predicted octanol–water partition coefficient (Wildman–Crippen LogP) is 2.77. The second-order valence-corrected chi connectivity index (χ2v) is 4.44. The third-order valence-corrected chi connectivity index (χ3v) is 2.37. The van der Waals surface area contributed by atoms with E-state index in [9.17, 15) is 4.79 Å². The van der Waals surface area contributed by atoms with E-state index in [1.807, 2.05) is 24.3 Å². The van der Waals surface area contributed by atoms with E-state index >= 15 is 0 Å². The molecule has 0 aliphatic rings. The van der Waals surface area contributed by atoms with Gasteiger partial charge in [-0.25, -0.2) is 0 Å². The predicted molar refractivity (Wildman–Crippen MR) is 65.7 cm³/mol. The number of aliphatic carboxylic acids is 1. The lowest BCUT2D eigenvalue weighted by atomic mass is 10.0. The molecule has 0 radical (unpaired) electrons. The number of benzene rings is 1. The highest BCUT2D eigenvalue weighted by Gasteiger charge is 2.11. The van der Waals surface area contributed by atoms with Crippen LogP contribution in [0.2, 0.25) is 0 Å². The van der Waals surface area contributed by atoms with Crippen LogP contribution in [0.15, 0.2) is 24.3 Å². The maximum absolute atomic E-state index is 10.7. The van der Waals surface area contributed by atoms with Crippen LogP contribution in [0.1, 0.15) is 26.3 Å². The van der Waals surface area contributed by atoms with Crippen LogP contribution in [0.5, 0.6) is 0 Å². The molecule has 0 aliphatic heterocycles. The molecule has 0 aromatic heterocycles. The number of hydrogen-bond donors (Lipinski definition) is 2. The summed E-state index contributed by atoms with van der Waals surface area (Å²) < 4.78 is 0. The molecular formula is C13H19NO2. The van der Waals surface area contributed by atoms with Gasteiger partial charge in [0.05, 0.1) is 5.92 Å². The number of anilines is 1. The highest BCUT2D eigenvalue weighted by atomic mass is 16.4. The number of carboxylic acids is 1. The minimum atomic E-state index is -0.746. The molecule has 1 aromatic carbocycles. The van der Waals surface area contributed by atoms with Crippen LogP contribution in [0, 0.1) is 5.92 Å². The van der Waals surface area contributed by atoms with Gasteiger partial charge in [-0.1, -0.05) is 19.1 Å². The Hall–Kier alpha value is -1.51. The Labute approximate surface area is 96.5 Å². The summed E-state index contributed by atoms with van der Waals surface area (Å²) in [5.74, 6) is -1.08. The fourth-order valence-electron chi connectivity index (χ4n) is 1.51. The van der Waals surface area contributed by atoms with Crippen molar-refractivity contribution >= 4 is 11.7 Å². The van der Waals surface area contributed by atoms with Crippen LogP contribution < -0.4 is 5.32 Å². The first-order valence-electron chi connectivity index (χ1n) is 5.57. The lowest BCUT2D eigenvalue weighted by molar-refractivity contribution is -0.141. The highest BCUT2D eigenvalue weighted by molar-refractivity contribution is 5.69. The molecule has 3 nitrogen and oxygen atoms in total. The first-order chi connectivity index (χ1) is 7.49. The van der Waals surface area contributed by atoms with Gasteiger partial charge in [-0.3, -0.25) is 4.79 Å². The van der Waals surface area contributed by atoms with Gasteiger partial charge in [-0.05, 0) is 38.0 Å². The summed E-state index contributed by atoms with van der Waals surface area (Å²) in [5, 5.41) is 12.1. The minimum Gasteiger partial charge on any atom is -0.481 e. The van der Waals surface area contributed by atoms with Crippen molar-refractivity contribution in [3.63, 3.8) is 0 Å². The van der Waals surface area contributed by atoms with Gasteiger partial charge in [0.1, 0.15) is 0 Å². The van der Waals surface area contributed by atoms with Gasteiger partial charge in [0.2, 0.25) is 0 Å². The van der Waals surface area contributed by atoms with Crippen molar-refractivity contribution in [2.24, 2.45) is 5.92 Å². The number of nitrogens with one attached hydrogen (secondary N) is 1. The van der Waals surface area contributed by atoms with E-state index in [1.54, 1.807) is 6.92 Å². The van der Waals surface area contributed by atoms with Crippen molar-refractivity contribution in [3.05, 3.63) is 29.8 Å². The van der Waals surface area contributed by atoms with Crippen molar-refractivity contribution in [3.8, 4) is 0 Å². The summed E-state index contributed by atoms with van der Waals surface area (Å²) >= 11 is 0. The van der Waals surface area contributed by atoms with Crippen molar-refractivity contribution in [1.82, 2.24) is 0 Å². The lowest BCUT2D eigenvalue weighted by Gasteiger charge is -2.11. The topological polar surface area (TPSA) is 49.3 Å². The summed E-state index contributed by atoms with van der Waals surface area (Å²) in [5.41, 5.74) is 2.13. The zero-order chi connectivity index (χ0) is 12.1. The molecule has 0 aliphatic carbocycles. The molecule has 0 unspecified atom stereocenters. The molecule has 2 N–H and O–H groups in total. The highest BCUT2D eigenvalue weighted by Crippen LogP contribution is 2.14. The van der Waals surface area contributed by atoms with Crippen molar-refractivity contribution in [2.45, 2.75) is 33.2 Å². The molecule has 16 heavy (non-hydrogen) atoms. The molecule has 0 amide bonds. The van der Waals surface area contributed by atoms with Crippen LogP contribution in [-0.4, -0.2) is 17.1 Å². The SMILES string of the molecule is CC(C)Nc1ccc(C[C@H](C)C(=O)O)cc1. The van der Waals surface area contributed by atoms with Crippen LogP contribution in [0.4, 0.5) is 5.69 Å². The molecule has 1 aromatic rings. The van der Waals surface area contributed by atoms with Gasteiger partial charge in [0.15, 0.2) is 0 Å². The molecule has 1 atom stereocenters. The molecule has 0 saturated carbocycles. The van der Waals surface area contributed by atoms with Crippen LogP contribution in [-0.2, 0) is 11.2 Å². The zero-order valence-electron chi connectivity index (χ0n) is 10.0. The Morgan fingerprint density at radius 2 is 1.81 bits per heavy atom. The van der Waals surface area contributed by atoms with Crippen LogP contribution in [0.25, 0.3) is 0 Å². The Kier molecular flexibility index (Phi) is 4.35. The molecule has 0 spiro atoms. The number of hydrogen-bond acceptors (Lipinski definition) is 2. The summed E-state index contributed by atoms with van der Waals surface area (Å²) in [6.07, 6.45) is 0.581. The largest absolute Gasteiger partial charge is 0.481 e. The Morgan fingerprint density at radius 1 is 1.25 bits per heavy atom. The molecular weight excluding hydrogens is 202 g/mol. The number of carbonyl (C=O) groups is 1. The summed E-state index contributed by atoms with van der Waals surface area (Å²) in [6.45, 7) is 5.89. The van der Waals surface area contributed by atoms with Gasteiger partial charge < -0.3 is 10.4 Å². The van der Waals surface area contributed by atoms with E-state index in [4.69, 9.17) is 5.11 Å². The number of rotatable bonds is 5. The third-order valence-electron chi connectivity index (χ3n) is 2.37. The maximum atomic E-state index is 10.7. The molecule has 0 fully saturated rings. The fraction of sp³-hybridized carbons (Fsp3) is 0.462. The van der Waals surface area contributed by atoms with Gasteiger partial charge in [-0.15, -0.1) is 0 Å². The second kappa shape index (κ2) is 5.54. The van der Waals surface area contributed by atoms with E-state index in [0.717, 1.165) is 11.3 Å². The smallest absolute Gasteiger partial charge is 0.306 e. The van der Waals surface area contributed by atoms with Gasteiger partial charge in [0.25, 0.3) is 0 Å². The van der Waals surface area contributed by atoms with E-state index in [2.05, 4.69) is 19.2 Å². The summed E-state index contributed by atoms with van der Waals surface area (Å²) in [4.78, 5) is 10.7. The quantitative estimate of drug-likeness (QED) is 0.803. The van der Waals surface area contributed by atoms with Crippen LogP contribution >= 0.6 is 0 Å². The Morgan fingerprint density at radius 3 is 2.25 bits per heavy atom. The van der Waals surface area contributed by atoms with E-state index < -0.39 is 5.97 Å². The first-order valence-corrected chi connectivity index (χ1v) is 5.57. The van der Waals surface area contributed by atoms with E-state index in [-0.39, 0.29) is 5.92 Å². The third kappa shape index (κ3) is 3.93. The van der Waals surface area contributed by atoms with Gasteiger partial charge >= 0.3 is 5.97 Å². The fourth-order valence-corrected chi connectivity index (χ4v) is 1.51. The van der Waals surface area contributed by atoms with Crippen molar-refractivity contribution in [2.75, 3.05) is 5.32 Å². The summed E-state index contributed by atoms with van der Waals surface area (Å²) in [6, 6.07) is 8.34. The minimum absolute atomic E-state index is 0.330. The molecule has 0 saturated heterocycles. The molecule has 0 heterocycles. The standard InChI is InChI=1S/C13H19NO2/c1-9(2)14-12-6-4-11(5-7-12)8-10(3)13(15)16/h4-7,9-10,14H,8H2,1-3H3,(H,15,16)/t10-/m0/s1. The van der Waals surface area contributed by atoms with Crippen molar-refractivity contribution < 1.29 is 9.90 Å². The van der Waals surface area contributed by atoms with Gasteiger partial charge in [-0.2, -0.15) is 0 Å². The normalized spacial score (nSPS) is 12.5. The second-order valence-electron chi connectivity index (χ2n) is 4.44. The Bertz CT molecular complexity index is 343. The first kappa shape index (κ1) is 12.6. The van der Waals surface area contributed by atoms with E-state index in [0.29, 0.717) is 12.5 Å². The lowest BCUT2D eigenvalue weighted by Crippen LogP contribution is -2.12. The Balaban J connectivity index is 2.61. The van der Waals surface area contributed by atoms with Gasteiger partial charge in [0, 0.05) is 11.7 Å². The maximum Gasteiger partial charge on any atom is 0.306 e. The van der Waals surface area contributed by atoms with Crippen LogP contribution in [0.3, 0.4) is 0 Å². The molecule has 88 valence electrons. The average Bonchev–Trinajstić information content (AvgIpc) is 2.20. The van der Waals surface area contributed by atoms with Crippen molar-refractivity contribution in [1.29, 1.82) is 0 Å². The monoisotopic (exact) mass is 221 g/mol. The molecule has 1 rings (SSSR count). The average molecular weight is 221 g/mol. The molecule has 0 bridgehead atoms. The number of carboxylic acid groups (broad SMARTS) is 1. The van der Waals surface area contributed by atoms with E-state index in [1.165, 1.54) is 0 Å². The molecule has 3 heteroatoms.